The summed E-state index contributed by atoms with van der Waals surface area (Å²) in [6.07, 6.45) is 0. The van der Waals surface area contributed by atoms with E-state index < -0.39 is 0 Å². The van der Waals surface area contributed by atoms with E-state index in [2.05, 4.69) is 9.97 Å². The minimum Gasteiger partial charge on any atom is -0.497 e. The van der Waals surface area contributed by atoms with Crippen LogP contribution in [0.25, 0.3) is 22.4 Å². The Bertz CT molecular complexity index is 752. The molecule has 3 N–H and O–H groups in total. The van der Waals surface area contributed by atoms with Gasteiger partial charge in [0.15, 0.2) is 0 Å². The fraction of sp³-hybridized carbons (Fsp3) is 0.0714. The van der Waals surface area contributed by atoms with Gasteiger partial charge in [0.1, 0.15) is 11.6 Å². The van der Waals surface area contributed by atoms with E-state index in [1.807, 2.05) is 24.3 Å². The molecular weight excluding hydrogens is 262 g/mol. The van der Waals surface area contributed by atoms with E-state index >= 15 is 0 Å². The minimum atomic E-state index is 0.596. The molecule has 0 aliphatic carbocycles. The van der Waals surface area contributed by atoms with Crippen molar-refractivity contribution < 1.29 is 4.74 Å². The number of benzene rings is 2. The molecular formula is C14H12ClN3O. The van der Waals surface area contributed by atoms with E-state index in [0.717, 1.165) is 28.2 Å². The number of H-pyrrole nitrogens is 1. The number of ether oxygens (including phenoxy) is 1. The highest BCUT2D eigenvalue weighted by Gasteiger charge is 2.09. The van der Waals surface area contributed by atoms with Crippen LogP contribution in [0.15, 0.2) is 36.4 Å². The number of halogens is 1. The number of fused-ring (bicyclic) bond motifs is 1. The SMILES string of the molecule is COc1ccc2nc(-c3ccc(Cl)cc3N)[nH]c2c1. The Labute approximate surface area is 115 Å². The van der Waals surface area contributed by atoms with Gasteiger partial charge in [-0.05, 0) is 30.3 Å². The number of anilines is 1. The molecule has 0 saturated carbocycles. The molecule has 0 aliphatic heterocycles. The van der Waals surface area contributed by atoms with Crippen LogP contribution in [0.4, 0.5) is 5.69 Å². The molecule has 3 rings (SSSR count). The Hall–Kier alpha value is -2.20. The van der Waals surface area contributed by atoms with Crippen LogP contribution < -0.4 is 10.5 Å². The number of nitrogens with one attached hydrogen (secondary N) is 1. The van der Waals surface area contributed by atoms with Crippen molar-refractivity contribution >= 4 is 28.3 Å². The highest BCUT2D eigenvalue weighted by atomic mass is 35.5. The molecule has 1 aromatic heterocycles. The van der Waals surface area contributed by atoms with Crippen molar-refractivity contribution in [2.75, 3.05) is 12.8 Å². The summed E-state index contributed by atoms with van der Waals surface area (Å²) in [7, 11) is 1.63. The van der Waals surface area contributed by atoms with E-state index in [1.54, 1.807) is 19.2 Å². The molecule has 0 unspecified atom stereocenters. The van der Waals surface area contributed by atoms with Crippen molar-refractivity contribution in [3.8, 4) is 17.1 Å². The van der Waals surface area contributed by atoms with Crippen LogP contribution in [0.1, 0.15) is 0 Å². The average molecular weight is 274 g/mol. The predicted molar refractivity (Wildman–Crippen MR) is 77.5 cm³/mol. The largest absolute Gasteiger partial charge is 0.497 e. The van der Waals surface area contributed by atoms with Crippen molar-refractivity contribution in [2.45, 2.75) is 0 Å². The van der Waals surface area contributed by atoms with Crippen molar-refractivity contribution in [3.63, 3.8) is 0 Å². The summed E-state index contributed by atoms with van der Waals surface area (Å²) in [6, 6.07) is 11.0. The molecule has 1 heterocycles. The second-order valence-electron chi connectivity index (χ2n) is 4.20. The van der Waals surface area contributed by atoms with Crippen LogP contribution in [0, 0.1) is 0 Å². The second-order valence-corrected chi connectivity index (χ2v) is 4.64. The van der Waals surface area contributed by atoms with Crippen LogP contribution >= 0.6 is 11.6 Å². The molecule has 96 valence electrons. The van der Waals surface area contributed by atoms with Crippen molar-refractivity contribution in [1.82, 2.24) is 9.97 Å². The number of imidazole rings is 1. The maximum absolute atomic E-state index is 5.96. The first kappa shape index (κ1) is 11.9. The van der Waals surface area contributed by atoms with Gasteiger partial charge in [0, 0.05) is 22.3 Å². The zero-order valence-electron chi connectivity index (χ0n) is 10.3. The summed E-state index contributed by atoms with van der Waals surface area (Å²) in [5.74, 6) is 1.50. The van der Waals surface area contributed by atoms with Crippen molar-refractivity contribution in [2.24, 2.45) is 0 Å². The number of nitrogens with zero attached hydrogens (tertiary/aromatic N) is 1. The molecule has 0 bridgehead atoms. The second kappa shape index (κ2) is 4.48. The van der Waals surface area contributed by atoms with Gasteiger partial charge in [0.25, 0.3) is 0 Å². The Morgan fingerprint density at radius 3 is 2.79 bits per heavy atom. The van der Waals surface area contributed by atoms with Gasteiger partial charge in [0.2, 0.25) is 0 Å². The number of nitrogens with two attached hydrogens (primary N) is 1. The predicted octanol–water partition coefficient (Wildman–Crippen LogP) is 3.47. The smallest absolute Gasteiger partial charge is 0.140 e. The Balaban J connectivity index is 2.14. The number of hydrogen-bond acceptors (Lipinski definition) is 3. The van der Waals surface area contributed by atoms with Crippen molar-refractivity contribution in [3.05, 3.63) is 41.4 Å². The number of hydrogen-bond donors (Lipinski definition) is 2. The third-order valence-electron chi connectivity index (χ3n) is 2.96. The van der Waals surface area contributed by atoms with Crippen molar-refractivity contribution in [1.29, 1.82) is 0 Å². The molecule has 0 fully saturated rings. The minimum absolute atomic E-state index is 0.596. The maximum atomic E-state index is 5.96. The Kier molecular flexibility index (Phi) is 2.80. The number of methoxy groups -OCH3 is 1. The summed E-state index contributed by atoms with van der Waals surface area (Å²) in [6.45, 7) is 0. The van der Waals surface area contributed by atoms with Gasteiger partial charge in [-0.3, -0.25) is 0 Å². The molecule has 5 heteroatoms. The standard InChI is InChI=1S/C14H12ClN3O/c1-19-9-3-5-12-13(7-9)18-14(17-12)10-4-2-8(15)6-11(10)16/h2-7H,16H2,1H3,(H,17,18). The topological polar surface area (TPSA) is 63.9 Å². The van der Waals surface area contributed by atoms with Gasteiger partial charge < -0.3 is 15.5 Å². The molecule has 0 aliphatic rings. The fourth-order valence-electron chi connectivity index (χ4n) is 1.99. The van der Waals surface area contributed by atoms with Crippen LogP contribution in [-0.4, -0.2) is 17.1 Å². The van der Waals surface area contributed by atoms with E-state index in [4.69, 9.17) is 22.1 Å². The van der Waals surface area contributed by atoms with Gasteiger partial charge >= 0.3 is 0 Å². The first-order valence-corrected chi connectivity index (χ1v) is 6.14. The molecule has 0 amide bonds. The lowest BCUT2D eigenvalue weighted by Crippen LogP contribution is -1.90. The van der Waals surface area contributed by atoms with Crippen LogP contribution in [-0.2, 0) is 0 Å². The maximum Gasteiger partial charge on any atom is 0.140 e. The quantitative estimate of drug-likeness (QED) is 0.703. The Morgan fingerprint density at radius 1 is 1.21 bits per heavy atom. The molecule has 0 saturated heterocycles. The first-order valence-electron chi connectivity index (χ1n) is 5.76. The highest BCUT2D eigenvalue weighted by molar-refractivity contribution is 6.31. The van der Waals surface area contributed by atoms with Crippen LogP contribution in [0.5, 0.6) is 5.75 Å². The molecule has 0 atom stereocenters. The van der Waals surface area contributed by atoms with Gasteiger partial charge in [-0.25, -0.2) is 4.98 Å². The first-order chi connectivity index (χ1) is 9.17. The summed E-state index contributed by atoms with van der Waals surface area (Å²) in [5.41, 5.74) is 9.16. The van der Waals surface area contributed by atoms with E-state index in [-0.39, 0.29) is 0 Å². The molecule has 0 radical (unpaired) electrons. The van der Waals surface area contributed by atoms with Gasteiger partial charge in [-0.1, -0.05) is 11.6 Å². The van der Waals surface area contributed by atoms with Gasteiger partial charge in [0.05, 0.1) is 18.1 Å². The lowest BCUT2D eigenvalue weighted by atomic mass is 10.2. The summed E-state index contributed by atoms with van der Waals surface area (Å²) in [5, 5.41) is 0.610. The van der Waals surface area contributed by atoms with Crippen LogP contribution in [0.2, 0.25) is 5.02 Å². The third kappa shape index (κ3) is 2.11. The van der Waals surface area contributed by atoms with Gasteiger partial charge in [-0.15, -0.1) is 0 Å². The molecule has 0 spiro atoms. The third-order valence-corrected chi connectivity index (χ3v) is 3.19. The summed E-state index contributed by atoms with van der Waals surface area (Å²) in [4.78, 5) is 7.75. The number of aromatic amines is 1. The Morgan fingerprint density at radius 2 is 2.05 bits per heavy atom. The lowest BCUT2D eigenvalue weighted by molar-refractivity contribution is 0.415. The van der Waals surface area contributed by atoms with E-state index in [1.165, 1.54) is 0 Å². The van der Waals surface area contributed by atoms with Crippen LogP contribution in [0.3, 0.4) is 0 Å². The zero-order valence-corrected chi connectivity index (χ0v) is 11.0. The van der Waals surface area contributed by atoms with E-state index in [9.17, 15) is 0 Å². The summed E-state index contributed by atoms with van der Waals surface area (Å²) >= 11 is 5.90. The number of nitrogen functional groups attached to an aromatic ring is 1. The fourth-order valence-corrected chi connectivity index (χ4v) is 2.17. The average Bonchev–Trinajstić information content (AvgIpc) is 2.80. The number of aromatic nitrogens is 2. The highest BCUT2D eigenvalue weighted by Crippen LogP contribution is 2.29. The molecule has 3 aromatic rings. The molecule has 19 heavy (non-hydrogen) atoms. The molecule has 4 nitrogen and oxygen atoms in total. The lowest BCUT2D eigenvalue weighted by Gasteiger charge is -2.02. The molecule has 2 aromatic carbocycles. The number of rotatable bonds is 2. The van der Waals surface area contributed by atoms with E-state index in [0.29, 0.717) is 10.7 Å². The monoisotopic (exact) mass is 273 g/mol. The normalized spacial score (nSPS) is 10.8. The summed E-state index contributed by atoms with van der Waals surface area (Å²) < 4.78 is 5.19. The van der Waals surface area contributed by atoms with Gasteiger partial charge in [-0.2, -0.15) is 0 Å². The zero-order chi connectivity index (χ0) is 13.4.